The van der Waals surface area contributed by atoms with Crippen molar-refractivity contribution >= 4 is 22.6 Å². The summed E-state index contributed by atoms with van der Waals surface area (Å²) in [6, 6.07) is 1.97. The number of halogens is 1. The van der Waals surface area contributed by atoms with E-state index in [0.29, 0.717) is 6.54 Å². The molecule has 0 amide bonds. The van der Waals surface area contributed by atoms with Crippen molar-refractivity contribution in [1.29, 1.82) is 0 Å². The molecule has 80 valence electrons. The van der Waals surface area contributed by atoms with Crippen LogP contribution in [0.5, 0.6) is 0 Å². The number of benzene rings is 1. The van der Waals surface area contributed by atoms with Crippen LogP contribution in [0.2, 0.25) is 5.02 Å². The average molecular weight is 224 g/mol. The predicted molar refractivity (Wildman–Crippen MR) is 63.3 cm³/mol. The Kier molecular flexibility index (Phi) is 2.49. The molecular weight excluding hydrogens is 210 g/mol. The molecule has 0 saturated heterocycles. The second-order valence-electron chi connectivity index (χ2n) is 3.86. The van der Waals surface area contributed by atoms with E-state index < -0.39 is 0 Å². The monoisotopic (exact) mass is 223 g/mol. The Morgan fingerprint density at radius 3 is 2.53 bits per heavy atom. The summed E-state index contributed by atoms with van der Waals surface area (Å²) in [5.41, 5.74) is 9.72. The summed E-state index contributed by atoms with van der Waals surface area (Å²) in [6.45, 7) is 6.44. The molecule has 2 N–H and O–H groups in total. The fourth-order valence-electron chi connectivity index (χ4n) is 2.01. The molecule has 2 aromatic rings. The van der Waals surface area contributed by atoms with Gasteiger partial charge in [0.25, 0.3) is 0 Å². The molecule has 15 heavy (non-hydrogen) atoms. The summed E-state index contributed by atoms with van der Waals surface area (Å²) in [7, 11) is 0. The average Bonchev–Trinajstić information content (AvgIpc) is 2.52. The third kappa shape index (κ3) is 1.45. The summed E-state index contributed by atoms with van der Waals surface area (Å²) in [4.78, 5) is 0. The van der Waals surface area contributed by atoms with Gasteiger partial charge in [0.1, 0.15) is 11.3 Å². The number of nitrogens with two attached hydrogens (primary N) is 1. The minimum absolute atomic E-state index is 0.427. The van der Waals surface area contributed by atoms with Crippen molar-refractivity contribution in [2.45, 2.75) is 27.3 Å². The van der Waals surface area contributed by atoms with Crippen LogP contribution in [0.1, 0.15) is 22.5 Å². The molecule has 0 aliphatic carbocycles. The van der Waals surface area contributed by atoms with Crippen LogP contribution in [0, 0.1) is 20.8 Å². The Morgan fingerprint density at radius 2 is 1.93 bits per heavy atom. The lowest BCUT2D eigenvalue weighted by atomic mass is 10.0. The summed E-state index contributed by atoms with van der Waals surface area (Å²) in [5, 5.41) is 1.92. The van der Waals surface area contributed by atoms with Crippen LogP contribution < -0.4 is 5.73 Å². The zero-order valence-electron chi connectivity index (χ0n) is 9.15. The normalized spacial score (nSPS) is 11.3. The van der Waals surface area contributed by atoms with Crippen LogP contribution in [0.3, 0.4) is 0 Å². The molecule has 0 aliphatic rings. The molecule has 1 aromatic heterocycles. The quantitative estimate of drug-likeness (QED) is 0.804. The van der Waals surface area contributed by atoms with E-state index in [0.717, 1.165) is 38.4 Å². The maximum atomic E-state index is 6.21. The van der Waals surface area contributed by atoms with Crippen molar-refractivity contribution in [2.75, 3.05) is 0 Å². The SMILES string of the molecule is Cc1cc2oc(CN)c(C)c2c(C)c1Cl. The molecule has 2 rings (SSSR count). The van der Waals surface area contributed by atoms with Crippen LogP contribution in [-0.2, 0) is 6.54 Å². The highest BCUT2D eigenvalue weighted by Gasteiger charge is 2.14. The van der Waals surface area contributed by atoms with Crippen molar-refractivity contribution in [2.24, 2.45) is 5.73 Å². The zero-order chi connectivity index (χ0) is 11.2. The number of furan rings is 1. The van der Waals surface area contributed by atoms with Gasteiger partial charge in [0.15, 0.2) is 0 Å². The van der Waals surface area contributed by atoms with Crippen LogP contribution >= 0.6 is 11.6 Å². The van der Waals surface area contributed by atoms with Gasteiger partial charge in [0.05, 0.1) is 6.54 Å². The molecule has 0 spiro atoms. The van der Waals surface area contributed by atoms with E-state index in [9.17, 15) is 0 Å². The first-order chi connectivity index (χ1) is 7.06. The van der Waals surface area contributed by atoms with Gasteiger partial charge in [-0.2, -0.15) is 0 Å². The largest absolute Gasteiger partial charge is 0.459 e. The van der Waals surface area contributed by atoms with E-state index in [2.05, 4.69) is 0 Å². The van der Waals surface area contributed by atoms with E-state index in [-0.39, 0.29) is 0 Å². The molecule has 1 aromatic carbocycles. The molecule has 0 unspecified atom stereocenters. The molecule has 0 fully saturated rings. The number of hydrogen-bond donors (Lipinski definition) is 1. The van der Waals surface area contributed by atoms with Gasteiger partial charge in [-0.3, -0.25) is 0 Å². The number of aryl methyl sites for hydroxylation is 3. The summed E-state index contributed by atoms with van der Waals surface area (Å²) >= 11 is 6.21. The maximum absolute atomic E-state index is 6.21. The van der Waals surface area contributed by atoms with Gasteiger partial charge in [-0.25, -0.2) is 0 Å². The van der Waals surface area contributed by atoms with E-state index >= 15 is 0 Å². The first-order valence-corrected chi connectivity index (χ1v) is 5.31. The summed E-state index contributed by atoms with van der Waals surface area (Å²) in [5.74, 6) is 0.842. The van der Waals surface area contributed by atoms with Gasteiger partial charge < -0.3 is 10.2 Å². The molecule has 0 bridgehead atoms. The van der Waals surface area contributed by atoms with E-state index in [1.165, 1.54) is 0 Å². The zero-order valence-corrected chi connectivity index (χ0v) is 9.90. The van der Waals surface area contributed by atoms with Crippen molar-refractivity contribution in [3.05, 3.63) is 33.5 Å². The van der Waals surface area contributed by atoms with Gasteiger partial charge >= 0.3 is 0 Å². The lowest BCUT2D eigenvalue weighted by Gasteiger charge is -2.03. The maximum Gasteiger partial charge on any atom is 0.135 e. The van der Waals surface area contributed by atoms with Crippen molar-refractivity contribution < 1.29 is 4.42 Å². The summed E-state index contributed by atoms with van der Waals surface area (Å²) in [6.07, 6.45) is 0. The lowest BCUT2D eigenvalue weighted by molar-refractivity contribution is 0.548. The minimum atomic E-state index is 0.427. The Hall–Kier alpha value is -0.990. The lowest BCUT2D eigenvalue weighted by Crippen LogP contribution is -1.95. The van der Waals surface area contributed by atoms with Gasteiger partial charge in [0.2, 0.25) is 0 Å². The third-order valence-electron chi connectivity index (χ3n) is 2.86. The Labute approximate surface area is 94.0 Å². The number of rotatable bonds is 1. The molecule has 0 atom stereocenters. The molecule has 2 nitrogen and oxygen atoms in total. The van der Waals surface area contributed by atoms with Crippen LogP contribution in [0.25, 0.3) is 11.0 Å². The highest BCUT2D eigenvalue weighted by Crippen LogP contribution is 2.34. The predicted octanol–water partition coefficient (Wildman–Crippen LogP) is 3.47. The van der Waals surface area contributed by atoms with Crippen LogP contribution in [0.15, 0.2) is 10.5 Å². The first kappa shape index (κ1) is 10.5. The van der Waals surface area contributed by atoms with Crippen molar-refractivity contribution in [3.8, 4) is 0 Å². The topological polar surface area (TPSA) is 39.2 Å². The molecule has 3 heteroatoms. The van der Waals surface area contributed by atoms with Gasteiger partial charge in [0, 0.05) is 10.4 Å². The summed E-state index contributed by atoms with van der Waals surface area (Å²) < 4.78 is 5.68. The smallest absolute Gasteiger partial charge is 0.135 e. The molecular formula is C12H14ClNO. The van der Waals surface area contributed by atoms with Crippen LogP contribution in [0.4, 0.5) is 0 Å². The Morgan fingerprint density at radius 1 is 1.27 bits per heavy atom. The van der Waals surface area contributed by atoms with Gasteiger partial charge in [-0.1, -0.05) is 11.6 Å². The van der Waals surface area contributed by atoms with Crippen LogP contribution in [-0.4, -0.2) is 0 Å². The van der Waals surface area contributed by atoms with E-state index in [4.69, 9.17) is 21.8 Å². The van der Waals surface area contributed by atoms with E-state index in [1.807, 2.05) is 26.8 Å². The number of hydrogen-bond acceptors (Lipinski definition) is 2. The first-order valence-electron chi connectivity index (χ1n) is 4.94. The van der Waals surface area contributed by atoms with Crippen molar-refractivity contribution in [3.63, 3.8) is 0 Å². The molecule has 1 heterocycles. The highest BCUT2D eigenvalue weighted by molar-refractivity contribution is 6.33. The highest BCUT2D eigenvalue weighted by atomic mass is 35.5. The second kappa shape index (κ2) is 3.54. The minimum Gasteiger partial charge on any atom is -0.459 e. The third-order valence-corrected chi connectivity index (χ3v) is 3.44. The van der Waals surface area contributed by atoms with Gasteiger partial charge in [-0.05, 0) is 43.5 Å². The molecule has 0 saturated carbocycles. The van der Waals surface area contributed by atoms with Crippen molar-refractivity contribution in [1.82, 2.24) is 0 Å². The Bertz CT molecular complexity index is 528. The fourth-order valence-corrected chi connectivity index (χ4v) is 2.16. The van der Waals surface area contributed by atoms with E-state index in [1.54, 1.807) is 0 Å². The molecule has 0 radical (unpaired) electrons. The Balaban J connectivity index is 2.90. The second-order valence-corrected chi connectivity index (χ2v) is 4.24. The standard InChI is InChI=1S/C12H14ClNO/c1-6-4-9-11(8(3)12(6)13)7(2)10(5-14)15-9/h4H,5,14H2,1-3H3. The number of fused-ring (bicyclic) bond motifs is 1. The fraction of sp³-hybridized carbons (Fsp3) is 0.333. The molecule has 0 aliphatic heterocycles. The van der Waals surface area contributed by atoms with Gasteiger partial charge in [-0.15, -0.1) is 0 Å².